The highest BCUT2D eigenvalue weighted by molar-refractivity contribution is 7.89. The maximum absolute atomic E-state index is 12.9. The second-order valence-corrected chi connectivity index (χ2v) is 9.80. The van der Waals surface area contributed by atoms with Gasteiger partial charge in [0.15, 0.2) is 6.10 Å². The van der Waals surface area contributed by atoms with E-state index in [1.165, 1.54) is 29.4 Å². The second kappa shape index (κ2) is 9.80. The van der Waals surface area contributed by atoms with Crippen molar-refractivity contribution < 1.29 is 22.7 Å². The first-order chi connectivity index (χ1) is 14.7. The molecular formula is C22H25ClN2O5S. The van der Waals surface area contributed by atoms with Gasteiger partial charge in [-0.1, -0.05) is 36.2 Å². The average Bonchev–Trinajstić information content (AvgIpc) is 2.75. The molecule has 0 spiro atoms. The first-order valence-electron chi connectivity index (χ1n) is 10.1. The monoisotopic (exact) mass is 464 g/mol. The smallest absolute Gasteiger partial charge is 0.339 e. The molecule has 2 aromatic rings. The van der Waals surface area contributed by atoms with E-state index in [2.05, 4.69) is 5.32 Å². The molecule has 0 radical (unpaired) electrons. The molecule has 9 heteroatoms. The number of carbonyl (C=O) groups is 2. The Morgan fingerprint density at radius 3 is 2.45 bits per heavy atom. The molecule has 3 rings (SSSR count). The van der Waals surface area contributed by atoms with Crippen molar-refractivity contribution in [2.45, 2.75) is 44.1 Å². The van der Waals surface area contributed by atoms with Crippen LogP contribution in [0.4, 0.5) is 5.69 Å². The number of benzene rings is 2. The molecule has 1 fully saturated rings. The number of halogens is 1. The summed E-state index contributed by atoms with van der Waals surface area (Å²) in [5, 5.41) is 2.75. The summed E-state index contributed by atoms with van der Waals surface area (Å²) in [6.07, 6.45) is 1.54. The first-order valence-corrected chi connectivity index (χ1v) is 11.9. The minimum Gasteiger partial charge on any atom is -0.449 e. The van der Waals surface area contributed by atoms with Crippen LogP contribution < -0.4 is 5.32 Å². The number of aryl methyl sites for hydroxylation is 1. The summed E-state index contributed by atoms with van der Waals surface area (Å²) in [6.45, 7) is 4.15. The zero-order valence-corrected chi connectivity index (χ0v) is 19.0. The molecule has 0 aliphatic carbocycles. The molecule has 31 heavy (non-hydrogen) atoms. The van der Waals surface area contributed by atoms with Crippen LogP contribution in [0.5, 0.6) is 0 Å². The molecule has 0 aromatic heterocycles. The molecule has 1 heterocycles. The van der Waals surface area contributed by atoms with Gasteiger partial charge in [-0.25, -0.2) is 13.2 Å². The van der Waals surface area contributed by atoms with E-state index < -0.39 is 28.0 Å². The fourth-order valence-corrected chi connectivity index (χ4v) is 5.04. The molecule has 166 valence electrons. The minimum absolute atomic E-state index is 0.0543. The van der Waals surface area contributed by atoms with Gasteiger partial charge in [0.2, 0.25) is 10.0 Å². The molecule has 1 N–H and O–H groups in total. The van der Waals surface area contributed by atoms with Crippen molar-refractivity contribution in [2.75, 3.05) is 18.4 Å². The molecule has 2 aromatic carbocycles. The van der Waals surface area contributed by atoms with Crippen molar-refractivity contribution in [1.82, 2.24) is 4.31 Å². The van der Waals surface area contributed by atoms with Gasteiger partial charge >= 0.3 is 5.97 Å². The fourth-order valence-electron chi connectivity index (χ4n) is 3.33. The highest BCUT2D eigenvalue weighted by Crippen LogP contribution is 2.28. The summed E-state index contributed by atoms with van der Waals surface area (Å²) in [4.78, 5) is 25.0. The Morgan fingerprint density at radius 2 is 1.77 bits per heavy atom. The van der Waals surface area contributed by atoms with Crippen LogP contribution in [0.15, 0.2) is 47.4 Å². The van der Waals surface area contributed by atoms with Gasteiger partial charge in [-0.05, 0) is 56.5 Å². The van der Waals surface area contributed by atoms with Crippen LogP contribution in [0.25, 0.3) is 0 Å². The predicted octanol–water partition coefficient (Wildman–Crippen LogP) is 4.01. The third-order valence-corrected chi connectivity index (χ3v) is 7.39. The Labute approximate surface area is 187 Å². The highest BCUT2D eigenvalue weighted by Gasteiger charge is 2.27. The Kier molecular flexibility index (Phi) is 7.35. The van der Waals surface area contributed by atoms with Gasteiger partial charge in [-0.15, -0.1) is 0 Å². The van der Waals surface area contributed by atoms with Gasteiger partial charge in [-0.2, -0.15) is 4.31 Å². The van der Waals surface area contributed by atoms with E-state index in [9.17, 15) is 18.0 Å². The summed E-state index contributed by atoms with van der Waals surface area (Å²) in [5.74, 6) is -1.23. The van der Waals surface area contributed by atoms with Crippen molar-refractivity contribution in [3.05, 3.63) is 58.6 Å². The number of piperidine rings is 1. The number of ether oxygens (including phenoxy) is 1. The normalized spacial score (nSPS) is 15.8. The molecule has 1 atom stereocenters. The van der Waals surface area contributed by atoms with E-state index in [-0.39, 0.29) is 15.6 Å². The number of amides is 1. The number of hydrogen-bond acceptors (Lipinski definition) is 5. The van der Waals surface area contributed by atoms with Gasteiger partial charge in [-0.3, -0.25) is 4.79 Å². The Bertz CT molecular complexity index is 1080. The molecule has 0 saturated carbocycles. The van der Waals surface area contributed by atoms with E-state index in [1.54, 1.807) is 31.2 Å². The van der Waals surface area contributed by atoms with Crippen LogP contribution >= 0.6 is 11.6 Å². The van der Waals surface area contributed by atoms with Gasteiger partial charge < -0.3 is 10.1 Å². The standard InChI is InChI=1S/C22H25ClN2O5S/c1-15-8-4-5-9-18(15)22(27)30-16(2)21(26)24-20-14-17(10-11-19(20)23)31(28,29)25-12-6-3-7-13-25/h4-5,8-11,14,16H,3,6-7,12-13H2,1-2H3,(H,24,26). The lowest BCUT2D eigenvalue weighted by atomic mass is 10.1. The highest BCUT2D eigenvalue weighted by atomic mass is 35.5. The molecular weight excluding hydrogens is 440 g/mol. The maximum atomic E-state index is 12.9. The van der Waals surface area contributed by atoms with Crippen LogP contribution in [0, 0.1) is 6.92 Å². The van der Waals surface area contributed by atoms with Crippen molar-refractivity contribution >= 4 is 39.2 Å². The third kappa shape index (κ3) is 5.44. The lowest BCUT2D eigenvalue weighted by Crippen LogP contribution is -2.35. The number of anilines is 1. The van der Waals surface area contributed by atoms with Gasteiger partial charge in [0.25, 0.3) is 5.91 Å². The van der Waals surface area contributed by atoms with Crippen molar-refractivity contribution in [2.24, 2.45) is 0 Å². The number of esters is 1. The van der Waals surface area contributed by atoms with Crippen LogP contribution in [-0.4, -0.2) is 43.8 Å². The quantitative estimate of drug-likeness (QED) is 0.652. The van der Waals surface area contributed by atoms with E-state index in [1.807, 2.05) is 0 Å². The van der Waals surface area contributed by atoms with Crippen LogP contribution in [0.2, 0.25) is 5.02 Å². The number of carbonyl (C=O) groups excluding carboxylic acids is 2. The zero-order valence-electron chi connectivity index (χ0n) is 17.4. The van der Waals surface area contributed by atoms with E-state index in [0.717, 1.165) is 24.8 Å². The Balaban J connectivity index is 1.73. The van der Waals surface area contributed by atoms with Gasteiger partial charge in [0.1, 0.15) is 0 Å². The number of sulfonamides is 1. The molecule has 1 aliphatic rings. The van der Waals surface area contributed by atoms with Crippen LogP contribution in [0.1, 0.15) is 42.1 Å². The largest absolute Gasteiger partial charge is 0.449 e. The molecule has 1 unspecified atom stereocenters. The lowest BCUT2D eigenvalue weighted by Gasteiger charge is -2.26. The lowest BCUT2D eigenvalue weighted by molar-refractivity contribution is -0.123. The topological polar surface area (TPSA) is 92.8 Å². The minimum atomic E-state index is -3.68. The number of nitrogens with one attached hydrogen (secondary N) is 1. The summed E-state index contributed by atoms with van der Waals surface area (Å²) < 4.78 is 32.5. The average molecular weight is 465 g/mol. The number of hydrogen-bond donors (Lipinski definition) is 1. The fraction of sp³-hybridized carbons (Fsp3) is 0.364. The molecule has 7 nitrogen and oxygen atoms in total. The second-order valence-electron chi connectivity index (χ2n) is 7.46. The first kappa shape index (κ1) is 23.2. The molecule has 0 bridgehead atoms. The third-order valence-electron chi connectivity index (χ3n) is 5.17. The van der Waals surface area contributed by atoms with Crippen molar-refractivity contribution in [3.8, 4) is 0 Å². The Hall–Kier alpha value is -2.42. The van der Waals surface area contributed by atoms with E-state index >= 15 is 0 Å². The van der Waals surface area contributed by atoms with Gasteiger partial charge in [0, 0.05) is 13.1 Å². The Morgan fingerprint density at radius 1 is 1.10 bits per heavy atom. The SMILES string of the molecule is Cc1ccccc1C(=O)OC(C)C(=O)Nc1cc(S(=O)(=O)N2CCCCC2)ccc1Cl. The summed E-state index contributed by atoms with van der Waals surface area (Å²) in [7, 11) is -3.68. The van der Waals surface area contributed by atoms with Crippen molar-refractivity contribution in [3.63, 3.8) is 0 Å². The summed E-state index contributed by atoms with van der Waals surface area (Å²) >= 11 is 6.17. The van der Waals surface area contributed by atoms with E-state index in [0.29, 0.717) is 18.7 Å². The predicted molar refractivity (Wildman–Crippen MR) is 119 cm³/mol. The van der Waals surface area contributed by atoms with Crippen LogP contribution in [-0.2, 0) is 19.6 Å². The zero-order chi connectivity index (χ0) is 22.6. The van der Waals surface area contributed by atoms with Gasteiger partial charge in [0.05, 0.1) is 21.2 Å². The number of nitrogens with zero attached hydrogens (tertiary/aromatic N) is 1. The van der Waals surface area contributed by atoms with Crippen LogP contribution in [0.3, 0.4) is 0 Å². The summed E-state index contributed by atoms with van der Waals surface area (Å²) in [6, 6.07) is 11.1. The molecule has 1 saturated heterocycles. The molecule has 1 aliphatic heterocycles. The summed E-state index contributed by atoms with van der Waals surface area (Å²) in [5.41, 5.74) is 1.25. The number of rotatable bonds is 6. The van der Waals surface area contributed by atoms with Crippen molar-refractivity contribution in [1.29, 1.82) is 0 Å². The molecule has 1 amide bonds. The van der Waals surface area contributed by atoms with E-state index in [4.69, 9.17) is 16.3 Å². The maximum Gasteiger partial charge on any atom is 0.339 e.